The van der Waals surface area contributed by atoms with Gasteiger partial charge in [-0.2, -0.15) is 5.10 Å². The molecule has 4 aromatic rings. The number of benzene rings is 1. The average Bonchev–Trinajstić information content (AvgIpc) is 3.38. The quantitative estimate of drug-likeness (QED) is 0.508. The zero-order valence-corrected chi connectivity index (χ0v) is 16.2. The molecule has 0 unspecified atom stereocenters. The average molecular weight is 380 g/mol. The number of nitrogens with zero attached hydrogens (tertiary/aromatic N) is 4. The number of carbonyl (C=O) groups is 1. The first-order valence-electron chi connectivity index (χ1n) is 8.76. The maximum atomic E-state index is 13.2. The van der Waals surface area contributed by atoms with E-state index in [4.69, 9.17) is 9.40 Å². The zero-order valence-electron chi connectivity index (χ0n) is 15.4. The predicted octanol–water partition coefficient (Wildman–Crippen LogP) is 4.59. The van der Waals surface area contributed by atoms with Crippen LogP contribution in [-0.2, 0) is 13.6 Å². The van der Waals surface area contributed by atoms with Gasteiger partial charge in [-0.05, 0) is 35.7 Å². The molecule has 0 bridgehead atoms. The highest BCUT2D eigenvalue weighted by atomic mass is 32.1. The molecule has 0 N–H and O–H groups in total. The van der Waals surface area contributed by atoms with E-state index in [1.54, 1.807) is 35.2 Å². The Morgan fingerprint density at radius 3 is 2.78 bits per heavy atom. The Morgan fingerprint density at radius 1 is 1.26 bits per heavy atom. The van der Waals surface area contributed by atoms with Crippen LogP contribution in [0.5, 0.6) is 0 Å². The first-order chi connectivity index (χ1) is 13.0. The molecule has 3 heterocycles. The molecule has 0 atom stereocenters. The van der Waals surface area contributed by atoms with Crippen molar-refractivity contribution in [1.29, 1.82) is 0 Å². The first-order valence-corrected chi connectivity index (χ1v) is 9.58. The molecule has 1 amide bonds. The molecule has 0 aliphatic rings. The van der Waals surface area contributed by atoms with Gasteiger partial charge in [-0.1, -0.05) is 37.3 Å². The van der Waals surface area contributed by atoms with Crippen LogP contribution < -0.4 is 4.90 Å². The summed E-state index contributed by atoms with van der Waals surface area (Å²) in [4.78, 5) is 19.6. The Labute approximate surface area is 161 Å². The Balaban J connectivity index is 1.79. The third kappa shape index (κ3) is 3.38. The normalized spacial score (nSPS) is 11.4. The minimum Gasteiger partial charge on any atom is -0.467 e. The zero-order chi connectivity index (χ0) is 19.0. The molecule has 138 valence electrons. The van der Waals surface area contributed by atoms with Crippen LogP contribution in [0.3, 0.4) is 0 Å². The SMILES string of the molecule is CC(C)c1cccc2sc(N(Cc3ccco3)C(=O)c3ccn(C)n3)nc12. The van der Waals surface area contributed by atoms with Crippen molar-refractivity contribution in [2.75, 3.05) is 4.90 Å². The lowest BCUT2D eigenvalue weighted by Gasteiger charge is -2.17. The van der Waals surface area contributed by atoms with E-state index >= 15 is 0 Å². The highest BCUT2D eigenvalue weighted by Crippen LogP contribution is 2.34. The highest BCUT2D eigenvalue weighted by molar-refractivity contribution is 7.22. The molecular formula is C20H20N4O2S. The Hall–Kier alpha value is -2.93. The fourth-order valence-electron chi connectivity index (χ4n) is 2.99. The van der Waals surface area contributed by atoms with E-state index in [1.165, 1.54) is 16.9 Å². The summed E-state index contributed by atoms with van der Waals surface area (Å²) in [6.45, 7) is 4.60. The summed E-state index contributed by atoms with van der Waals surface area (Å²) in [5.41, 5.74) is 2.51. The molecule has 0 aliphatic carbocycles. The molecule has 0 saturated heterocycles. The number of carbonyl (C=O) groups excluding carboxylic acids is 1. The number of hydrogen-bond donors (Lipinski definition) is 0. The van der Waals surface area contributed by atoms with Crippen LogP contribution in [0.2, 0.25) is 0 Å². The molecular weight excluding hydrogens is 360 g/mol. The van der Waals surface area contributed by atoms with Gasteiger partial charge in [-0.25, -0.2) is 4.98 Å². The molecule has 0 fully saturated rings. The second kappa shape index (κ2) is 7.00. The minimum absolute atomic E-state index is 0.197. The number of rotatable bonds is 5. The predicted molar refractivity (Wildman–Crippen MR) is 106 cm³/mol. The van der Waals surface area contributed by atoms with Crippen LogP contribution >= 0.6 is 11.3 Å². The van der Waals surface area contributed by atoms with Gasteiger partial charge in [-0.3, -0.25) is 14.4 Å². The van der Waals surface area contributed by atoms with E-state index in [2.05, 4.69) is 25.0 Å². The summed E-state index contributed by atoms with van der Waals surface area (Å²) in [6, 6.07) is 11.5. The topological polar surface area (TPSA) is 64.2 Å². The summed E-state index contributed by atoms with van der Waals surface area (Å²) < 4.78 is 8.15. The van der Waals surface area contributed by atoms with Crippen LogP contribution in [0.1, 0.15) is 41.6 Å². The maximum Gasteiger partial charge on any atom is 0.280 e. The summed E-state index contributed by atoms with van der Waals surface area (Å²) >= 11 is 1.51. The van der Waals surface area contributed by atoms with Crippen molar-refractivity contribution in [3.63, 3.8) is 0 Å². The van der Waals surface area contributed by atoms with E-state index in [0.717, 1.165) is 10.2 Å². The number of hydrogen-bond acceptors (Lipinski definition) is 5. The van der Waals surface area contributed by atoms with Crippen molar-refractivity contribution in [3.8, 4) is 0 Å². The largest absolute Gasteiger partial charge is 0.467 e. The van der Waals surface area contributed by atoms with Crippen LogP contribution in [0.4, 0.5) is 5.13 Å². The Kier molecular flexibility index (Phi) is 4.53. The van der Waals surface area contributed by atoms with Crippen LogP contribution in [0.25, 0.3) is 10.2 Å². The smallest absolute Gasteiger partial charge is 0.280 e. The molecule has 0 saturated carbocycles. The Morgan fingerprint density at radius 2 is 2.11 bits per heavy atom. The summed E-state index contributed by atoms with van der Waals surface area (Å²) in [5, 5.41) is 4.90. The van der Waals surface area contributed by atoms with Gasteiger partial charge in [0, 0.05) is 13.2 Å². The van der Waals surface area contributed by atoms with E-state index in [0.29, 0.717) is 29.0 Å². The summed E-state index contributed by atoms with van der Waals surface area (Å²) in [5.74, 6) is 0.855. The number of aryl methyl sites for hydroxylation is 1. The lowest BCUT2D eigenvalue weighted by atomic mass is 10.0. The van der Waals surface area contributed by atoms with E-state index in [-0.39, 0.29) is 5.91 Å². The fraction of sp³-hybridized carbons (Fsp3) is 0.250. The molecule has 27 heavy (non-hydrogen) atoms. The van der Waals surface area contributed by atoms with Gasteiger partial charge in [0.25, 0.3) is 5.91 Å². The van der Waals surface area contributed by atoms with Gasteiger partial charge in [-0.15, -0.1) is 0 Å². The standard InChI is InChI=1S/C20H20N4O2S/c1-13(2)15-7-4-8-17-18(15)21-20(27-17)24(12-14-6-5-11-26-14)19(25)16-9-10-23(3)22-16/h4-11,13H,12H2,1-3H3. The Bertz CT molecular complexity index is 1080. The van der Waals surface area contributed by atoms with Crippen molar-refractivity contribution >= 4 is 32.6 Å². The van der Waals surface area contributed by atoms with Crippen molar-refractivity contribution in [3.05, 3.63) is 65.9 Å². The number of fused-ring (bicyclic) bond motifs is 1. The van der Waals surface area contributed by atoms with Gasteiger partial charge in [0.1, 0.15) is 5.76 Å². The number of furan rings is 1. The molecule has 0 aliphatic heterocycles. The third-order valence-corrected chi connectivity index (χ3v) is 5.41. The summed E-state index contributed by atoms with van der Waals surface area (Å²) in [6.07, 6.45) is 3.36. The van der Waals surface area contributed by atoms with E-state index in [9.17, 15) is 4.79 Å². The van der Waals surface area contributed by atoms with Gasteiger partial charge < -0.3 is 4.42 Å². The number of thiazole rings is 1. The second-order valence-electron chi connectivity index (χ2n) is 6.69. The van der Waals surface area contributed by atoms with Crippen molar-refractivity contribution in [2.45, 2.75) is 26.3 Å². The van der Waals surface area contributed by atoms with E-state index in [1.807, 2.05) is 24.3 Å². The molecule has 0 spiro atoms. The number of aromatic nitrogens is 3. The van der Waals surface area contributed by atoms with Gasteiger partial charge >= 0.3 is 0 Å². The van der Waals surface area contributed by atoms with Crippen LogP contribution in [0.15, 0.2) is 53.3 Å². The minimum atomic E-state index is -0.197. The van der Waals surface area contributed by atoms with Crippen molar-refractivity contribution in [1.82, 2.24) is 14.8 Å². The van der Waals surface area contributed by atoms with Crippen molar-refractivity contribution < 1.29 is 9.21 Å². The second-order valence-corrected chi connectivity index (χ2v) is 7.70. The first kappa shape index (κ1) is 17.5. The lowest BCUT2D eigenvalue weighted by molar-refractivity contribution is 0.0977. The lowest BCUT2D eigenvalue weighted by Crippen LogP contribution is -2.30. The third-order valence-electron chi connectivity index (χ3n) is 4.36. The summed E-state index contributed by atoms with van der Waals surface area (Å²) in [7, 11) is 1.79. The molecule has 7 heteroatoms. The number of amides is 1. The van der Waals surface area contributed by atoms with Gasteiger partial charge in [0.2, 0.25) is 0 Å². The van der Waals surface area contributed by atoms with Gasteiger partial charge in [0.05, 0.1) is 23.0 Å². The van der Waals surface area contributed by atoms with E-state index < -0.39 is 0 Å². The molecule has 0 radical (unpaired) electrons. The fourth-order valence-corrected chi connectivity index (χ4v) is 3.99. The molecule has 6 nitrogen and oxygen atoms in total. The van der Waals surface area contributed by atoms with Crippen LogP contribution in [0, 0.1) is 0 Å². The molecule has 3 aromatic heterocycles. The monoisotopic (exact) mass is 380 g/mol. The maximum absolute atomic E-state index is 13.2. The highest BCUT2D eigenvalue weighted by Gasteiger charge is 2.25. The number of para-hydroxylation sites is 1. The van der Waals surface area contributed by atoms with Crippen molar-refractivity contribution in [2.24, 2.45) is 7.05 Å². The van der Waals surface area contributed by atoms with Gasteiger partial charge in [0.15, 0.2) is 10.8 Å². The molecule has 4 rings (SSSR count). The number of anilines is 1. The van der Waals surface area contributed by atoms with Crippen LogP contribution in [-0.4, -0.2) is 20.7 Å². The molecule has 1 aromatic carbocycles.